The third-order valence-corrected chi connectivity index (χ3v) is 2.44. The maximum absolute atomic E-state index is 13.7. The van der Waals surface area contributed by atoms with Crippen molar-refractivity contribution in [2.24, 2.45) is 0 Å². The number of carboxylic acids is 1. The molecule has 0 saturated heterocycles. The van der Waals surface area contributed by atoms with Gasteiger partial charge in [0.15, 0.2) is 0 Å². The molecule has 0 bridgehead atoms. The van der Waals surface area contributed by atoms with Crippen LogP contribution in [0.15, 0.2) is 30.3 Å². The molecule has 0 fully saturated rings. The second kappa shape index (κ2) is 3.35. The van der Waals surface area contributed by atoms with E-state index in [1.165, 1.54) is 6.07 Å². The zero-order valence-electron chi connectivity index (χ0n) is 8.12. The van der Waals surface area contributed by atoms with Gasteiger partial charge in [-0.1, -0.05) is 24.3 Å². The maximum Gasteiger partial charge on any atom is 0.338 e. The minimum absolute atomic E-state index is 0.284. The summed E-state index contributed by atoms with van der Waals surface area (Å²) < 4.78 is 13.7. The van der Waals surface area contributed by atoms with Crippen molar-refractivity contribution >= 4 is 16.7 Å². The molecule has 0 atom stereocenters. The molecular weight excluding hydrogens is 195 g/mol. The average Bonchev–Trinajstić information content (AvgIpc) is 2.19. The summed E-state index contributed by atoms with van der Waals surface area (Å²) >= 11 is 0. The topological polar surface area (TPSA) is 37.3 Å². The van der Waals surface area contributed by atoms with Crippen LogP contribution in [0.1, 0.15) is 15.9 Å². The molecule has 0 aliphatic heterocycles. The first kappa shape index (κ1) is 9.65. The van der Waals surface area contributed by atoms with Gasteiger partial charge in [-0.25, -0.2) is 9.18 Å². The van der Waals surface area contributed by atoms with Crippen molar-refractivity contribution in [3.05, 3.63) is 47.3 Å². The first-order valence-electron chi connectivity index (χ1n) is 4.52. The molecular formula is C12H9FO2. The summed E-state index contributed by atoms with van der Waals surface area (Å²) in [5.74, 6) is -1.90. The molecule has 0 saturated carbocycles. The molecule has 0 unspecified atom stereocenters. The second-order valence-electron chi connectivity index (χ2n) is 3.40. The van der Waals surface area contributed by atoms with Crippen LogP contribution >= 0.6 is 0 Å². The van der Waals surface area contributed by atoms with Crippen LogP contribution in [0.3, 0.4) is 0 Å². The van der Waals surface area contributed by atoms with Crippen molar-refractivity contribution in [3.8, 4) is 0 Å². The fourth-order valence-electron chi connectivity index (χ4n) is 1.64. The number of carboxylic acid groups (broad SMARTS) is 1. The molecule has 2 aromatic rings. The molecule has 0 amide bonds. The number of benzene rings is 2. The van der Waals surface area contributed by atoms with Crippen LogP contribution in [-0.2, 0) is 0 Å². The van der Waals surface area contributed by atoms with Crippen LogP contribution in [0.2, 0.25) is 0 Å². The summed E-state index contributed by atoms with van der Waals surface area (Å²) in [7, 11) is 0. The molecule has 0 aromatic heterocycles. The number of hydrogen-bond donors (Lipinski definition) is 1. The molecule has 0 heterocycles. The molecule has 2 aromatic carbocycles. The highest BCUT2D eigenvalue weighted by atomic mass is 19.1. The van der Waals surface area contributed by atoms with Gasteiger partial charge in [0.05, 0.1) is 5.56 Å². The Morgan fingerprint density at radius 1 is 1.20 bits per heavy atom. The van der Waals surface area contributed by atoms with Gasteiger partial charge in [-0.3, -0.25) is 0 Å². The normalized spacial score (nSPS) is 10.5. The first-order valence-corrected chi connectivity index (χ1v) is 4.52. The SMILES string of the molecule is Cc1cccc2c(F)c(C(=O)O)ccc12. The Hall–Kier alpha value is -1.90. The van der Waals surface area contributed by atoms with Crippen molar-refractivity contribution in [1.82, 2.24) is 0 Å². The van der Waals surface area contributed by atoms with Gasteiger partial charge >= 0.3 is 5.97 Å². The Labute approximate surface area is 86.0 Å². The van der Waals surface area contributed by atoms with E-state index >= 15 is 0 Å². The summed E-state index contributed by atoms with van der Waals surface area (Å²) in [4.78, 5) is 10.7. The van der Waals surface area contributed by atoms with E-state index in [0.717, 1.165) is 10.9 Å². The molecule has 15 heavy (non-hydrogen) atoms. The zero-order chi connectivity index (χ0) is 11.0. The maximum atomic E-state index is 13.7. The second-order valence-corrected chi connectivity index (χ2v) is 3.40. The van der Waals surface area contributed by atoms with Gasteiger partial charge in [-0.15, -0.1) is 0 Å². The molecule has 1 N–H and O–H groups in total. The van der Waals surface area contributed by atoms with Crippen LogP contribution in [-0.4, -0.2) is 11.1 Å². The molecule has 0 radical (unpaired) electrons. The predicted octanol–water partition coefficient (Wildman–Crippen LogP) is 2.99. The summed E-state index contributed by atoms with van der Waals surface area (Å²) in [5.41, 5.74) is 0.649. The van der Waals surface area contributed by atoms with Gasteiger partial charge in [0.2, 0.25) is 0 Å². The fraction of sp³-hybridized carbons (Fsp3) is 0.0833. The highest BCUT2D eigenvalue weighted by Gasteiger charge is 2.13. The highest BCUT2D eigenvalue weighted by Crippen LogP contribution is 2.23. The van der Waals surface area contributed by atoms with Crippen molar-refractivity contribution < 1.29 is 14.3 Å². The third kappa shape index (κ3) is 1.46. The van der Waals surface area contributed by atoms with E-state index in [1.54, 1.807) is 18.2 Å². The van der Waals surface area contributed by atoms with Gasteiger partial charge in [-0.05, 0) is 23.9 Å². The van der Waals surface area contributed by atoms with E-state index in [1.807, 2.05) is 13.0 Å². The third-order valence-electron chi connectivity index (χ3n) is 2.44. The van der Waals surface area contributed by atoms with Crippen LogP contribution in [0.25, 0.3) is 10.8 Å². The smallest absolute Gasteiger partial charge is 0.338 e. The van der Waals surface area contributed by atoms with Crippen LogP contribution in [0.5, 0.6) is 0 Å². The summed E-state index contributed by atoms with van der Waals surface area (Å²) in [6, 6.07) is 8.10. The van der Waals surface area contributed by atoms with Crippen molar-refractivity contribution in [1.29, 1.82) is 0 Å². The lowest BCUT2D eigenvalue weighted by Gasteiger charge is -2.04. The number of hydrogen-bond acceptors (Lipinski definition) is 1. The average molecular weight is 204 g/mol. The van der Waals surface area contributed by atoms with E-state index in [0.29, 0.717) is 5.39 Å². The van der Waals surface area contributed by atoms with Crippen LogP contribution in [0, 0.1) is 12.7 Å². The van der Waals surface area contributed by atoms with Crippen molar-refractivity contribution in [2.45, 2.75) is 6.92 Å². The van der Waals surface area contributed by atoms with Crippen molar-refractivity contribution in [2.75, 3.05) is 0 Å². The Morgan fingerprint density at radius 3 is 2.60 bits per heavy atom. The van der Waals surface area contributed by atoms with Gasteiger partial charge < -0.3 is 5.11 Å². The fourth-order valence-corrected chi connectivity index (χ4v) is 1.64. The number of carbonyl (C=O) groups is 1. The Morgan fingerprint density at radius 2 is 1.93 bits per heavy atom. The number of rotatable bonds is 1. The Kier molecular flexibility index (Phi) is 2.15. The molecule has 2 rings (SSSR count). The Bertz CT molecular complexity index is 547. The minimum Gasteiger partial charge on any atom is -0.478 e. The van der Waals surface area contributed by atoms with Crippen molar-refractivity contribution in [3.63, 3.8) is 0 Å². The lowest BCUT2D eigenvalue weighted by Crippen LogP contribution is -2.00. The molecule has 0 spiro atoms. The van der Waals surface area contributed by atoms with Gasteiger partial charge in [0.25, 0.3) is 0 Å². The van der Waals surface area contributed by atoms with E-state index in [4.69, 9.17) is 5.11 Å². The summed E-state index contributed by atoms with van der Waals surface area (Å²) in [6.45, 7) is 1.86. The highest BCUT2D eigenvalue weighted by molar-refractivity contribution is 5.96. The lowest BCUT2D eigenvalue weighted by molar-refractivity contribution is 0.0692. The molecule has 3 heteroatoms. The first-order chi connectivity index (χ1) is 7.11. The molecule has 0 aliphatic rings. The number of aryl methyl sites for hydroxylation is 1. The Balaban J connectivity index is 2.86. The van der Waals surface area contributed by atoms with E-state index in [2.05, 4.69) is 0 Å². The zero-order valence-corrected chi connectivity index (χ0v) is 8.12. The minimum atomic E-state index is -1.24. The van der Waals surface area contributed by atoms with E-state index in [-0.39, 0.29) is 5.56 Å². The van der Waals surface area contributed by atoms with Gasteiger partial charge in [-0.2, -0.15) is 0 Å². The number of halogens is 1. The predicted molar refractivity (Wildman–Crippen MR) is 55.6 cm³/mol. The lowest BCUT2D eigenvalue weighted by atomic mass is 10.0. The van der Waals surface area contributed by atoms with E-state index < -0.39 is 11.8 Å². The summed E-state index contributed by atoms with van der Waals surface area (Å²) in [6.07, 6.45) is 0. The number of fused-ring (bicyclic) bond motifs is 1. The standard InChI is InChI=1S/C12H9FO2/c1-7-3-2-4-9-8(7)5-6-10(11(9)13)12(14)15/h2-6H,1H3,(H,14,15). The number of aromatic carboxylic acids is 1. The monoisotopic (exact) mass is 204 g/mol. The van der Waals surface area contributed by atoms with Crippen LogP contribution < -0.4 is 0 Å². The molecule has 76 valence electrons. The molecule has 0 aliphatic carbocycles. The molecule has 2 nitrogen and oxygen atoms in total. The quantitative estimate of drug-likeness (QED) is 0.775. The van der Waals surface area contributed by atoms with Crippen LogP contribution in [0.4, 0.5) is 4.39 Å². The van der Waals surface area contributed by atoms with Gasteiger partial charge in [0.1, 0.15) is 5.82 Å². The summed E-state index contributed by atoms with van der Waals surface area (Å²) in [5, 5.41) is 9.86. The van der Waals surface area contributed by atoms with E-state index in [9.17, 15) is 9.18 Å². The largest absolute Gasteiger partial charge is 0.478 e. The van der Waals surface area contributed by atoms with Gasteiger partial charge in [0, 0.05) is 5.39 Å².